The number of carbonyl (C=O) groups excluding carboxylic acids is 2. The van der Waals surface area contributed by atoms with Crippen molar-refractivity contribution in [2.75, 3.05) is 40.1 Å². The number of nitrogens with zero attached hydrogens (tertiary/aromatic N) is 1. The van der Waals surface area contributed by atoms with Crippen molar-refractivity contribution < 1.29 is 32.2 Å². The van der Waals surface area contributed by atoms with Crippen LogP contribution in [0.15, 0.2) is 47.4 Å². The first kappa shape index (κ1) is 25.9. The van der Waals surface area contributed by atoms with E-state index in [0.717, 1.165) is 5.56 Å². The van der Waals surface area contributed by atoms with Crippen LogP contribution in [0.3, 0.4) is 0 Å². The third-order valence-corrected chi connectivity index (χ3v) is 8.35. The number of aryl methyl sites for hydroxylation is 1. The second kappa shape index (κ2) is 11.3. The summed E-state index contributed by atoms with van der Waals surface area (Å²) < 4.78 is 43.3. The Morgan fingerprint density at radius 1 is 1.08 bits per heavy atom. The SMILES string of the molecule is COCCNC(=O)[C@@H](NC(=O)c1ccc2c(c1)OCO2)C1CCN(S(=O)(=O)c2ccc(C)cc2)CC1. The summed E-state index contributed by atoms with van der Waals surface area (Å²) in [4.78, 5) is 26.3. The Labute approximate surface area is 211 Å². The number of ether oxygens (including phenoxy) is 3. The predicted octanol–water partition coefficient (Wildman–Crippen LogP) is 1.69. The molecule has 0 aliphatic carbocycles. The van der Waals surface area contributed by atoms with Crippen LogP contribution in [-0.2, 0) is 19.6 Å². The fourth-order valence-corrected chi connectivity index (χ4v) is 5.82. The largest absolute Gasteiger partial charge is 0.454 e. The highest BCUT2D eigenvalue weighted by Crippen LogP contribution is 2.33. The second-order valence-electron chi connectivity index (χ2n) is 8.86. The molecule has 1 saturated heterocycles. The van der Waals surface area contributed by atoms with Gasteiger partial charge in [-0.25, -0.2) is 8.42 Å². The van der Waals surface area contributed by atoms with E-state index >= 15 is 0 Å². The van der Waals surface area contributed by atoms with Crippen LogP contribution < -0.4 is 20.1 Å². The van der Waals surface area contributed by atoms with Gasteiger partial charge in [-0.15, -0.1) is 0 Å². The van der Waals surface area contributed by atoms with Crippen molar-refractivity contribution in [2.24, 2.45) is 5.92 Å². The van der Waals surface area contributed by atoms with Gasteiger partial charge >= 0.3 is 0 Å². The maximum Gasteiger partial charge on any atom is 0.252 e. The first-order chi connectivity index (χ1) is 17.3. The molecule has 0 saturated carbocycles. The summed E-state index contributed by atoms with van der Waals surface area (Å²) in [6.45, 7) is 3.13. The molecule has 2 N–H and O–H groups in total. The topological polar surface area (TPSA) is 123 Å². The van der Waals surface area contributed by atoms with Gasteiger partial charge < -0.3 is 24.8 Å². The van der Waals surface area contributed by atoms with Crippen LogP contribution in [-0.4, -0.2) is 70.7 Å². The molecule has 2 aliphatic rings. The summed E-state index contributed by atoms with van der Waals surface area (Å²) >= 11 is 0. The van der Waals surface area contributed by atoms with E-state index < -0.39 is 22.0 Å². The molecule has 2 heterocycles. The first-order valence-electron chi connectivity index (χ1n) is 11.8. The van der Waals surface area contributed by atoms with Gasteiger partial charge in [0.15, 0.2) is 11.5 Å². The Morgan fingerprint density at radius 3 is 2.47 bits per heavy atom. The van der Waals surface area contributed by atoms with E-state index in [0.29, 0.717) is 43.1 Å². The van der Waals surface area contributed by atoms with E-state index in [2.05, 4.69) is 10.6 Å². The number of carbonyl (C=O) groups is 2. The number of rotatable bonds is 9. The van der Waals surface area contributed by atoms with E-state index in [-0.39, 0.29) is 36.6 Å². The van der Waals surface area contributed by atoms with E-state index in [1.807, 2.05) is 6.92 Å². The molecule has 2 aromatic rings. The lowest BCUT2D eigenvalue weighted by Gasteiger charge is -2.35. The number of sulfonamides is 1. The maximum atomic E-state index is 13.1. The fraction of sp³-hybridized carbons (Fsp3) is 0.440. The molecular weight excluding hydrogens is 486 g/mol. The molecule has 2 aromatic carbocycles. The van der Waals surface area contributed by atoms with Gasteiger partial charge in [0.1, 0.15) is 6.04 Å². The van der Waals surface area contributed by atoms with E-state index in [9.17, 15) is 18.0 Å². The van der Waals surface area contributed by atoms with Crippen LogP contribution in [0.5, 0.6) is 11.5 Å². The van der Waals surface area contributed by atoms with Crippen molar-refractivity contribution in [3.63, 3.8) is 0 Å². The summed E-state index contributed by atoms with van der Waals surface area (Å²) in [7, 11) is -2.10. The Bertz CT molecular complexity index is 1190. The number of amides is 2. The smallest absolute Gasteiger partial charge is 0.252 e. The maximum absolute atomic E-state index is 13.1. The monoisotopic (exact) mass is 517 g/mol. The summed E-state index contributed by atoms with van der Waals surface area (Å²) in [5, 5.41) is 5.65. The standard InChI is InChI=1S/C25H31N3O7S/c1-17-3-6-20(7-4-17)36(31,32)28-12-9-18(10-13-28)23(25(30)26-11-14-33-2)27-24(29)19-5-8-21-22(15-19)35-16-34-21/h3-8,15,18,23H,9-14,16H2,1-2H3,(H,26,30)(H,27,29)/t23-/m0/s1. The van der Waals surface area contributed by atoms with Gasteiger partial charge in [-0.3, -0.25) is 9.59 Å². The van der Waals surface area contributed by atoms with E-state index in [4.69, 9.17) is 14.2 Å². The van der Waals surface area contributed by atoms with Gasteiger partial charge in [0.05, 0.1) is 11.5 Å². The molecule has 11 heteroatoms. The summed E-state index contributed by atoms with van der Waals surface area (Å²) in [6, 6.07) is 10.8. The highest BCUT2D eigenvalue weighted by Gasteiger charge is 2.36. The molecule has 2 aliphatic heterocycles. The summed E-state index contributed by atoms with van der Waals surface area (Å²) in [6.07, 6.45) is 0.851. The minimum atomic E-state index is -3.63. The second-order valence-corrected chi connectivity index (χ2v) is 10.8. The highest BCUT2D eigenvalue weighted by molar-refractivity contribution is 7.89. The van der Waals surface area contributed by atoms with Crippen LogP contribution in [0.1, 0.15) is 28.8 Å². The minimum Gasteiger partial charge on any atom is -0.454 e. The van der Waals surface area contributed by atoms with Gasteiger partial charge in [-0.2, -0.15) is 4.31 Å². The van der Waals surface area contributed by atoms with Gasteiger partial charge in [0, 0.05) is 32.3 Å². The number of nitrogens with one attached hydrogen (secondary N) is 2. The molecule has 1 atom stereocenters. The number of hydrogen-bond acceptors (Lipinski definition) is 7. The van der Waals surface area contributed by atoms with Crippen molar-refractivity contribution in [1.29, 1.82) is 0 Å². The Kier molecular flexibility index (Phi) is 8.12. The van der Waals surface area contributed by atoms with Gasteiger partial charge in [-0.05, 0) is 56.0 Å². The summed E-state index contributed by atoms with van der Waals surface area (Å²) in [5.74, 6) is 0.0341. The van der Waals surface area contributed by atoms with Gasteiger partial charge in [0.25, 0.3) is 5.91 Å². The lowest BCUT2D eigenvalue weighted by Crippen LogP contribution is -2.54. The van der Waals surface area contributed by atoms with Crippen molar-refractivity contribution in [3.8, 4) is 11.5 Å². The van der Waals surface area contributed by atoms with Crippen molar-refractivity contribution >= 4 is 21.8 Å². The molecule has 10 nitrogen and oxygen atoms in total. The third kappa shape index (κ3) is 5.80. The van der Waals surface area contributed by atoms with E-state index in [1.165, 1.54) is 11.4 Å². The fourth-order valence-electron chi connectivity index (χ4n) is 4.35. The molecular formula is C25H31N3O7S. The average molecular weight is 518 g/mol. The minimum absolute atomic E-state index is 0.0923. The zero-order valence-electron chi connectivity index (χ0n) is 20.4. The van der Waals surface area contributed by atoms with Gasteiger partial charge in [0.2, 0.25) is 22.7 Å². The molecule has 0 spiro atoms. The quantitative estimate of drug-likeness (QED) is 0.485. The molecule has 194 valence electrons. The molecule has 0 aromatic heterocycles. The Balaban J connectivity index is 1.46. The van der Waals surface area contributed by atoms with Crippen LogP contribution in [0.4, 0.5) is 0 Å². The zero-order valence-corrected chi connectivity index (χ0v) is 21.2. The van der Waals surface area contributed by atoms with Crippen molar-refractivity contribution in [1.82, 2.24) is 14.9 Å². The number of benzene rings is 2. The number of hydrogen-bond donors (Lipinski definition) is 2. The highest BCUT2D eigenvalue weighted by atomic mass is 32.2. The molecule has 1 fully saturated rings. The Hall–Kier alpha value is -3.15. The molecule has 4 rings (SSSR count). The zero-order chi connectivity index (χ0) is 25.7. The van der Waals surface area contributed by atoms with Crippen molar-refractivity contribution in [3.05, 3.63) is 53.6 Å². The number of methoxy groups -OCH3 is 1. The lowest BCUT2D eigenvalue weighted by atomic mass is 9.89. The summed E-state index contributed by atoms with van der Waals surface area (Å²) in [5.41, 5.74) is 1.32. The Morgan fingerprint density at radius 2 is 1.78 bits per heavy atom. The average Bonchev–Trinajstić information content (AvgIpc) is 3.35. The van der Waals surface area contributed by atoms with E-state index in [1.54, 1.807) is 42.5 Å². The van der Waals surface area contributed by atoms with Gasteiger partial charge in [-0.1, -0.05) is 17.7 Å². The number of fused-ring (bicyclic) bond motifs is 1. The normalized spacial score (nSPS) is 16.9. The molecule has 0 bridgehead atoms. The molecule has 2 amide bonds. The van der Waals surface area contributed by atoms with Crippen LogP contribution >= 0.6 is 0 Å². The third-order valence-electron chi connectivity index (χ3n) is 6.44. The van der Waals surface area contributed by atoms with Crippen LogP contribution in [0, 0.1) is 12.8 Å². The number of piperidine rings is 1. The predicted molar refractivity (Wildman–Crippen MR) is 131 cm³/mol. The molecule has 0 unspecified atom stereocenters. The first-order valence-corrected chi connectivity index (χ1v) is 13.3. The van der Waals surface area contributed by atoms with Crippen molar-refractivity contribution in [2.45, 2.75) is 30.7 Å². The van der Waals surface area contributed by atoms with Crippen LogP contribution in [0.25, 0.3) is 0 Å². The molecule has 0 radical (unpaired) electrons. The van der Waals surface area contributed by atoms with Crippen LogP contribution in [0.2, 0.25) is 0 Å². The molecule has 36 heavy (non-hydrogen) atoms. The lowest BCUT2D eigenvalue weighted by molar-refractivity contribution is -0.124.